The highest BCUT2D eigenvalue weighted by molar-refractivity contribution is 6.19. The zero-order valence-electron chi connectivity index (χ0n) is 29.8. The van der Waals surface area contributed by atoms with E-state index in [4.69, 9.17) is 19.4 Å². The maximum absolute atomic E-state index is 7.16. The Balaban J connectivity index is 1.28. The van der Waals surface area contributed by atoms with E-state index in [1.807, 2.05) is 72.8 Å². The number of aromatic nitrogens is 3. The maximum atomic E-state index is 7.16. The fourth-order valence-electron chi connectivity index (χ4n) is 7.43. The van der Waals surface area contributed by atoms with Gasteiger partial charge in [-0.25, -0.2) is 15.0 Å². The van der Waals surface area contributed by atoms with Crippen LogP contribution < -0.4 is 0 Å². The molecule has 10 aromatic rings. The second-order valence-electron chi connectivity index (χ2n) is 13.6. The third-order valence-electron chi connectivity index (χ3n) is 10.2. The second kappa shape index (κ2) is 13.8. The van der Waals surface area contributed by atoms with Gasteiger partial charge in [0.1, 0.15) is 11.2 Å². The number of furan rings is 1. The van der Waals surface area contributed by atoms with Crippen LogP contribution >= 0.6 is 0 Å². The van der Waals surface area contributed by atoms with Crippen LogP contribution in [0.3, 0.4) is 0 Å². The summed E-state index contributed by atoms with van der Waals surface area (Å²) in [6, 6.07) is 69.3. The maximum Gasteiger partial charge on any atom is 0.167 e. The molecule has 0 fully saturated rings. The first-order valence-corrected chi connectivity index (χ1v) is 18.4. The number of rotatable bonds is 7. The average molecular weight is 704 g/mol. The normalized spacial score (nSPS) is 11.3. The number of fused-ring (bicyclic) bond motifs is 3. The van der Waals surface area contributed by atoms with E-state index in [2.05, 4.69) is 127 Å². The molecule has 0 spiro atoms. The van der Waals surface area contributed by atoms with Crippen molar-refractivity contribution in [2.24, 2.45) is 0 Å². The van der Waals surface area contributed by atoms with Crippen molar-refractivity contribution in [2.45, 2.75) is 0 Å². The van der Waals surface area contributed by atoms with Gasteiger partial charge < -0.3 is 4.42 Å². The smallest absolute Gasteiger partial charge is 0.167 e. The van der Waals surface area contributed by atoms with Crippen LogP contribution in [0.4, 0.5) is 0 Å². The summed E-state index contributed by atoms with van der Waals surface area (Å²) in [5, 5.41) is 2.04. The molecule has 0 saturated heterocycles. The molecule has 0 aliphatic heterocycles. The lowest BCUT2D eigenvalue weighted by Crippen LogP contribution is -2.00. The van der Waals surface area contributed by atoms with Crippen molar-refractivity contribution in [3.05, 3.63) is 200 Å². The topological polar surface area (TPSA) is 51.8 Å². The SMILES string of the molecule is c1ccc(-c2ccc(-c3ccc(-c4nc(-c5ccccc5)nc(-c5ccccc5)n4)c4oc5c(-c6ccccc6)cc(-c6ccccc6)cc5c34)cc2)cc1. The lowest BCUT2D eigenvalue weighted by molar-refractivity contribution is 0.670. The van der Waals surface area contributed by atoms with E-state index >= 15 is 0 Å². The second-order valence-corrected chi connectivity index (χ2v) is 13.6. The Kier molecular flexibility index (Phi) is 8.12. The van der Waals surface area contributed by atoms with Gasteiger partial charge in [0.15, 0.2) is 17.5 Å². The van der Waals surface area contributed by atoms with Gasteiger partial charge in [-0.2, -0.15) is 0 Å². The zero-order valence-corrected chi connectivity index (χ0v) is 29.8. The molecule has 0 aliphatic carbocycles. The first kappa shape index (κ1) is 32.2. The van der Waals surface area contributed by atoms with Crippen LogP contribution in [0.1, 0.15) is 0 Å². The predicted octanol–water partition coefficient (Wildman–Crippen LogP) is 13.4. The molecule has 0 unspecified atom stereocenters. The molecule has 0 atom stereocenters. The van der Waals surface area contributed by atoms with Crippen molar-refractivity contribution < 1.29 is 4.42 Å². The molecule has 2 heterocycles. The molecule has 4 nitrogen and oxygen atoms in total. The molecular weight excluding hydrogens is 671 g/mol. The van der Waals surface area contributed by atoms with E-state index in [-0.39, 0.29) is 0 Å². The molecule has 55 heavy (non-hydrogen) atoms. The number of hydrogen-bond donors (Lipinski definition) is 0. The van der Waals surface area contributed by atoms with Crippen molar-refractivity contribution >= 4 is 21.9 Å². The van der Waals surface area contributed by atoms with Crippen molar-refractivity contribution in [3.63, 3.8) is 0 Å². The van der Waals surface area contributed by atoms with Gasteiger partial charge in [-0.15, -0.1) is 0 Å². The number of nitrogens with zero attached hydrogens (tertiary/aromatic N) is 3. The highest BCUT2D eigenvalue weighted by atomic mass is 16.3. The van der Waals surface area contributed by atoms with E-state index in [0.717, 1.165) is 72.0 Å². The summed E-state index contributed by atoms with van der Waals surface area (Å²) in [5.41, 5.74) is 13.0. The first-order valence-electron chi connectivity index (χ1n) is 18.4. The van der Waals surface area contributed by atoms with Gasteiger partial charge in [0.25, 0.3) is 0 Å². The quantitative estimate of drug-likeness (QED) is 0.166. The van der Waals surface area contributed by atoms with Crippen molar-refractivity contribution in [2.75, 3.05) is 0 Å². The van der Waals surface area contributed by atoms with Crippen molar-refractivity contribution in [3.8, 4) is 78.7 Å². The molecular formula is C51H33N3O. The number of hydrogen-bond acceptors (Lipinski definition) is 4. The lowest BCUT2D eigenvalue weighted by atomic mass is 9.92. The third-order valence-corrected chi connectivity index (χ3v) is 10.2. The molecule has 2 aromatic heterocycles. The summed E-state index contributed by atoms with van der Waals surface area (Å²) >= 11 is 0. The lowest BCUT2D eigenvalue weighted by Gasteiger charge is -2.11. The van der Waals surface area contributed by atoms with Gasteiger partial charge in [0, 0.05) is 27.5 Å². The Hall–Kier alpha value is -7.43. The van der Waals surface area contributed by atoms with E-state index in [9.17, 15) is 0 Å². The molecule has 4 heteroatoms. The first-order chi connectivity index (χ1) is 27.3. The molecule has 0 N–H and O–H groups in total. The van der Waals surface area contributed by atoms with Gasteiger partial charge in [0.2, 0.25) is 0 Å². The molecule has 8 aromatic carbocycles. The highest BCUT2D eigenvalue weighted by Gasteiger charge is 2.23. The Bertz CT molecular complexity index is 2870. The zero-order chi connectivity index (χ0) is 36.6. The Morgan fingerprint density at radius 2 is 0.673 bits per heavy atom. The summed E-state index contributed by atoms with van der Waals surface area (Å²) in [7, 11) is 0. The largest absolute Gasteiger partial charge is 0.455 e. The minimum atomic E-state index is 0.548. The molecule has 0 bridgehead atoms. The number of benzene rings is 8. The Morgan fingerprint density at radius 3 is 1.22 bits per heavy atom. The van der Waals surface area contributed by atoms with E-state index in [1.165, 1.54) is 11.1 Å². The van der Waals surface area contributed by atoms with Crippen LogP contribution in [0.2, 0.25) is 0 Å². The van der Waals surface area contributed by atoms with Crippen LogP contribution in [0, 0.1) is 0 Å². The van der Waals surface area contributed by atoms with Crippen molar-refractivity contribution in [1.82, 2.24) is 15.0 Å². The van der Waals surface area contributed by atoms with Gasteiger partial charge in [0.05, 0.1) is 5.56 Å². The van der Waals surface area contributed by atoms with Gasteiger partial charge in [-0.3, -0.25) is 0 Å². The van der Waals surface area contributed by atoms with E-state index in [0.29, 0.717) is 17.5 Å². The molecule has 258 valence electrons. The summed E-state index contributed by atoms with van der Waals surface area (Å²) in [6.07, 6.45) is 0. The van der Waals surface area contributed by atoms with Crippen molar-refractivity contribution in [1.29, 1.82) is 0 Å². The third kappa shape index (κ3) is 6.06. The minimum absolute atomic E-state index is 0.548. The molecule has 0 aliphatic rings. The van der Waals surface area contributed by atoms with Gasteiger partial charge in [-0.1, -0.05) is 182 Å². The summed E-state index contributed by atoms with van der Waals surface area (Å²) < 4.78 is 7.16. The van der Waals surface area contributed by atoms with Crippen LogP contribution in [0.15, 0.2) is 205 Å². The Morgan fingerprint density at radius 1 is 0.273 bits per heavy atom. The van der Waals surface area contributed by atoms with Crippen LogP contribution in [-0.2, 0) is 0 Å². The average Bonchev–Trinajstić information content (AvgIpc) is 3.67. The summed E-state index contributed by atoms with van der Waals surface area (Å²) in [5.74, 6) is 1.75. The summed E-state index contributed by atoms with van der Waals surface area (Å²) in [6.45, 7) is 0. The minimum Gasteiger partial charge on any atom is -0.455 e. The molecule has 0 saturated carbocycles. The van der Waals surface area contributed by atoms with Crippen LogP contribution in [0.25, 0.3) is 101 Å². The van der Waals surface area contributed by atoms with Crippen LogP contribution in [0.5, 0.6) is 0 Å². The highest BCUT2D eigenvalue weighted by Crippen LogP contribution is 2.46. The van der Waals surface area contributed by atoms with Gasteiger partial charge in [-0.05, 0) is 57.1 Å². The molecule has 0 amide bonds. The van der Waals surface area contributed by atoms with Gasteiger partial charge >= 0.3 is 0 Å². The van der Waals surface area contributed by atoms with E-state index in [1.54, 1.807) is 0 Å². The molecule has 0 radical (unpaired) electrons. The molecule has 10 rings (SSSR count). The van der Waals surface area contributed by atoms with Crippen LogP contribution in [-0.4, -0.2) is 15.0 Å². The fourth-order valence-corrected chi connectivity index (χ4v) is 7.43. The predicted molar refractivity (Wildman–Crippen MR) is 225 cm³/mol. The standard InChI is InChI=1S/C51H33N3O/c1-6-16-34(17-7-1)36-26-28-38(29-27-36)42-30-31-43(51-53-49(39-22-12-4-13-23-39)52-50(54-51)40-24-14-5-15-25-40)48-46(42)45-33-41(35-18-8-2-9-19-35)32-44(47(45)55-48)37-20-10-3-11-21-37/h1-33H. The monoisotopic (exact) mass is 703 g/mol. The Labute approximate surface area is 319 Å². The fraction of sp³-hybridized carbons (Fsp3) is 0. The summed E-state index contributed by atoms with van der Waals surface area (Å²) in [4.78, 5) is 15.2. The van der Waals surface area contributed by atoms with E-state index < -0.39 is 0 Å².